The van der Waals surface area contributed by atoms with Crippen LogP contribution in [0.3, 0.4) is 0 Å². The minimum atomic E-state index is -4.62. The van der Waals surface area contributed by atoms with Crippen molar-refractivity contribution < 1.29 is 101 Å². The Hall–Kier alpha value is -5.32. The van der Waals surface area contributed by atoms with Crippen LogP contribution in [0.25, 0.3) is 44.7 Å². The molecule has 0 aromatic carbocycles. The van der Waals surface area contributed by atoms with E-state index in [4.69, 9.17) is 125 Å². The third kappa shape index (κ3) is 12.0. The van der Waals surface area contributed by atoms with Crippen LogP contribution in [0.15, 0.2) is 59.4 Å². The normalized spacial score (nSPS) is 36.7. The molecule has 496 valence electrons. The third-order valence-electron chi connectivity index (χ3n) is 14.8. The van der Waals surface area contributed by atoms with Gasteiger partial charge in [-0.2, -0.15) is 9.97 Å². The van der Waals surface area contributed by atoms with E-state index in [-0.39, 0.29) is 67.9 Å². The van der Waals surface area contributed by atoms with Crippen LogP contribution in [0.2, 0.25) is 0 Å². The van der Waals surface area contributed by atoms with E-state index in [9.17, 15) is 29.2 Å². The summed E-state index contributed by atoms with van der Waals surface area (Å²) in [5, 5.41) is 0. The lowest BCUT2D eigenvalue weighted by atomic mass is 10.1. The number of aromatic nitrogens is 14. The van der Waals surface area contributed by atoms with E-state index >= 15 is 26.3 Å². The molecule has 0 saturated carbocycles. The topological polar surface area (TPSA) is 484 Å². The second-order valence-electron chi connectivity index (χ2n) is 20.6. The molecule has 14 heterocycles. The lowest BCUT2D eigenvalue weighted by Crippen LogP contribution is -2.42. The van der Waals surface area contributed by atoms with Gasteiger partial charge in [0.15, 0.2) is 95.3 Å². The number of fused-ring (bicyclic) bond motifs is 10. The third-order valence-corrected chi connectivity index (χ3v) is 21.0. The molecule has 14 rings (SSSR count). The van der Waals surface area contributed by atoms with E-state index in [2.05, 4.69) is 49.8 Å². The van der Waals surface area contributed by atoms with Gasteiger partial charge in [-0.05, 0) is 59.4 Å². The first-order chi connectivity index (χ1) is 43.3. The number of H-pyrrole nitrogens is 2. The van der Waals surface area contributed by atoms with Gasteiger partial charge in [0.1, 0.15) is 35.4 Å². The van der Waals surface area contributed by atoms with Gasteiger partial charge >= 0.3 is 38.7 Å². The second-order valence-corrected chi connectivity index (χ2v) is 31.8. The SMILES string of the molecule is Nc1nc2c(ncn2[C@@H]2O[C@@H]3COP(O)(=S)O[C@H]4[C@H](F)[C@H](n5cnc6c(N)ccnc65)O[C@@H]4COP(O)(=S)O[C@@H]2C3(F)F)c(=O)[nH]1.Nc1nc2c(ncn2[C@@H]2O[C@@H]3COP(O)(=S)O[C@H]4[C@H](F)[C@H](n5cnc6c(N)ccnc65)O[C@@H]4COP(O)(=S)O[C@@H]2C3(F)F)c(=O)[nH]1. The quantitative estimate of drug-likeness (QED) is 0.0881. The molecule has 6 fully saturated rings. The molecule has 92 heavy (non-hydrogen) atoms. The highest BCUT2D eigenvalue weighted by Gasteiger charge is 2.65. The smallest absolute Gasteiger partial charge is 0.325 e. The Labute approximate surface area is 526 Å². The molecule has 4 unspecified atom stereocenters. The average molecular weight is 1460 g/mol. The van der Waals surface area contributed by atoms with Gasteiger partial charge < -0.3 is 79.6 Å². The highest BCUT2D eigenvalue weighted by Crippen LogP contribution is 2.59. The van der Waals surface area contributed by atoms with Gasteiger partial charge in [-0.1, -0.05) is 0 Å². The zero-order valence-electron chi connectivity index (χ0n) is 45.4. The maximum absolute atomic E-state index is 16.0. The maximum atomic E-state index is 16.0. The molecule has 6 aliphatic rings. The number of halogens is 6. The summed E-state index contributed by atoms with van der Waals surface area (Å²) in [6.45, 7) is -22.0. The van der Waals surface area contributed by atoms with Crippen molar-refractivity contribution in [3.8, 4) is 0 Å². The number of hydrogen-bond donors (Lipinski definition) is 10. The Morgan fingerprint density at radius 2 is 0.826 bits per heavy atom. The molecule has 0 amide bonds. The van der Waals surface area contributed by atoms with Gasteiger partial charge in [0.05, 0.1) is 63.1 Å². The average Bonchev–Trinajstić information content (AvgIpc) is 1.64. The summed E-state index contributed by atoms with van der Waals surface area (Å²) in [5.74, 6) is -8.72. The molecule has 0 radical (unpaired) electrons. The molecule has 8 aromatic rings. The molecule has 4 bridgehead atoms. The van der Waals surface area contributed by atoms with Crippen molar-refractivity contribution >= 4 is 142 Å². The molecular weight excluding hydrogens is 1410 g/mol. The van der Waals surface area contributed by atoms with Crippen LogP contribution in [-0.2, 0) is 102 Å². The second kappa shape index (κ2) is 23.8. The van der Waals surface area contributed by atoms with E-state index < -0.39 is 162 Å². The maximum Gasteiger partial charge on any atom is 0.325 e. The van der Waals surface area contributed by atoms with Crippen molar-refractivity contribution in [2.24, 2.45) is 0 Å². The molecule has 36 nitrogen and oxygen atoms in total. The number of nitrogens with zero attached hydrogens (tertiary/aromatic N) is 12. The van der Waals surface area contributed by atoms with Crippen molar-refractivity contribution in [3.05, 3.63) is 70.5 Å². The molecule has 50 heteroatoms. The van der Waals surface area contributed by atoms with Crippen LogP contribution < -0.4 is 34.1 Å². The first-order valence-electron chi connectivity index (χ1n) is 26.2. The van der Waals surface area contributed by atoms with E-state index in [1.165, 1.54) is 46.3 Å². The van der Waals surface area contributed by atoms with Gasteiger partial charge in [-0.3, -0.25) is 55.9 Å². The van der Waals surface area contributed by atoms with Crippen LogP contribution in [0.4, 0.5) is 49.6 Å². The largest absolute Gasteiger partial charge is 0.397 e. The Morgan fingerprint density at radius 3 is 1.21 bits per heavy atom. The molecule has 0 aliphatic carbocycles. The number of alkyl halides is 6. The predicted molar refractivity (Wildman–Crippen MR) is 314 cm³/mol. The predicted octanol–water partition coefficient (Wildman–Crippen LogP) is 1.50. The summed E-state index contributed by atoms with van der Waals surface area (Å²) in [4.78, 5) is 105. The van der Waals surface area contributed by atoms with Crippen molar-refractivity contribution in [3.63, 3.8) is 0 Å². The fraction of sp³-hybridized carbons (Fsp3) is 0.476. The van der Waals surface area contributed by atoms with Crippen LogP contribution in [-0.4, -0.2) is 187 Å². The van der Waals surface area contributed by atoms with Crippen molar-refractivity contribution in [1.82, 2.24) is 68.1 Å². The van der Waals surface area contributed by atoms with Gasteiger partial charge in [-0.25, -0.2) is 56.2 Å². The first-order valence-corrected chi connectivity index (χ1v) is 36.5. The van der Waals surface area contributed by atoms with Crippen LogP contribution in [0.1, 0.15) is 24.9 Å². The standard InChI is InChI=1S/2C21H22F3N9O9P2S2/c2*22-10-13-8(39-18(10)32-5-28-11-7(25)1-2-27-15(11)32)3-37-44(36,46)42-14-19(33-6-29-12-16(33)30-20(26)31-17(12)34)40-9(21(14,23)24)4-38-43(35,45)41-13/h2*1-2,5-6,8-10,13-14,18-19H,3-4H2,(H2,25,27)(H,35,45)(H,36,46)(H3,26,30,31,34)/t2*8-,9-,10+,13-,14+,18-,19-,43?,44?/m11/s1. The van der Waals surface area contributed by atoms with E-state index in [0.717, 1.165) is 21.8 Å². The van der Waals surface area contributed by atoms with Gasteiger partial charge in [0.2, 0.25) is 11.9 Å². The minimum Gasteiger partial charge on any atom is -0.397 e. The highest BCUT2D eigenvalue weighted by molar-refractivity contribution is 8.08. The minimum absolute atomic E-state index is 0.157. The van der Waals surface area contributed by atoms with Crippen LogP contribution >= 0.6 is 26.9 Å². The molecule has 14 N–H and O–H groups in total. The number of rotatable bonds is 4. The number of pyridine rings is 2. The van der Waals surface area contributed by atoms with E-state index in [1.54, 1.807) is 0 Å². The number of nitrogens with two attached hydrogens (primary N) is 4. The zero-order chi connectivity index (χ0) is 65.5. The number of imidazole rings is 4. The number of nitrogens with one attached hydrogen (secondary N) is 2. The fourth-order valence-electron chi connectivity index (χ4n) is 10.6. The zero-order valence-corrected chi connectivity index (χ0v) is 52.2. The number of aromatic amines is 2. The Balaban J connectivity index is 0.000000168. The summed E-state index contributed by atoms with van der Waals surface area (Å²) in [6, 6.07) is 2.99. The lowest BCUT2D eigenvalue weighted by molar-refractivity contribution is -0.118. The monoisotopic (exact) mass is 1450 g/mol. The van der Waals surface area contributed by atoms with Gasteiger partial charge in [0, 0.05) is 12.4 Å². The fourth-order valence-corrected chi connectivity index (χ4v) is 16.3. The highest BCUT2D eigenvalue weighted by atomic mass is 32.5. The number of ether oxygens (including phenoxy) is 4. The first kappa shape index (κ1) is 65.3. The van der Waals surface area contributed by atoms with Crippen molar-refractivity contribution in [1.29, 1.82) is 0 Å². The Bertz CT molecular complexity index is 4280. The van der Waals surface area contributed by atoms with E-state index in [0.29, 0.717) is 0 Å². The van der Waals surface area contributed by atoms with Gasteiger partial charge in [0.25, 0.3) is 11.1 Å². The summed E-state index contributed by atoms with van der Waals surface area (Å²) in [5.41, 5.74) is 21.9. The number of anilines is 4. The van der Waals surface area contributed by atoms with Crippen LogP contribution in [0, 0.1) is 0 Å². The van der Waals surface area contributed by atoms with Gasteiger partial charge in [-0.15, -0.1) is 0 Å². The number of hydrogen-bond acceptors (Lipinski definition) is 30. The molecule has 0 spiro atoms. The summed E-state index contributed by atoms with van der Waals surface area (Å²) in [6.07, 6.45) is -19.2. The molecule has 8 aromatic heterocycles. The summed E-state index contributed by atoms with van der Waals surface area (Å²) < 4.78 is 165. The lowest BCUT2D eigenvalue weighted by Gasteiger charge is -2.28. The summed E-state index contributed by atoms with van der Waals surface area (Å²) in [7, 11) is 0. The van der Waals surface area contributed by atoms with Crippen molar-refractivity contribution in [2.75, 3.05) is 49.4 Å². The summed E-state index contributed by atoms with van der Waals surface area (Å²) >= 11 is 20.2. The van der Waals surface area contributed by atoms with Crippen LogP contribution in [0.5, 0.6) is 0 Å². The number of nitrogen functional groups attached to an aromatic ring is 4. The Kier molecular flexibility index (Phi) is 16.9. The van der Waals surface area contributed by atoms with E-state index in [1.807, 2.05) is 0 Å². The molecule has 18 atom stereocenters. The molecular formula is C42H44F6N18O18P4S4. The molecule has 6 aliphatic heterocycles. The Morgan fingerprint density at radius 1 is 0.489 bits per heavy atom. The molecule has 6 saturated heterocycles. The van der Waals surface area contributed by atoms with Crippen molar-refractivity contribution in [2.45, 2.75) is 97.9 Å².